The molecular weight excluding hydrogens is 287 g/mol. The smallest absolute Gasteiger partial charge is 0.303 e. The molecule has 0 saturated heterocycles. The van der Waals surface area contributed by atoms with Crippen molar-refractivity contribution in [2.24, 2.45) is 5.92 Å². The van der Waals surface area contributed by atoms with Crippen LogP contribution in [0, 0.1) is 12.8 Å². The van der Waals surface area contributed by atoms with Gasteiger partial charge in [0, 0.05) is 17.8 Å². The minimum absolute atomic E-state index is 0.00763. The highest BCUT2D eigenvalue weighted by Crippen LogP contribution is 2.40. The van der Waals surface area contributed by atoms with Gasteiger partial charge >= 0.3 is 13.5 Å². The minimum Gasteiger partial charge on any atom is -0.303 e. The second-order valence-corrected chi connectivity index (χ2v) is 6.34. The largest absolute Gasteiger partial charge is 0.469 e. The molecule has 1 aromatic heterocycles. The number of H-pyrrole nitrogens is 1. The molecule has 20 heavy (non-hydrogen) atoms. The maximum atomic E-state index is 11.8. The lowest BCUT2D eigenvalue weighted by Gasteiger charge is -2.15. The molecule has 9 heteroatoms. The molecule has 8 nitrogen and oxygen atoms in total. The summed E-state index contributed by atoms with van der Waals surface area (Å²) in [6, 6.07) is -0.0802. The van der Waals surface area contributed by atoms with Gasteiger partial charge in [0.05, 0.1) is 6.61 Å². The predicted molar refractivity (Wildman–Crippen MR) is 70.4 cm³/mol. The molecule has 0 bridgehead atoms. The Morgan fingerprint density at radius 3 is 2.80 bits per heavy atom. The average molecular weight is 304 g/mol. The summed E-state index contributed by atoms with van der Waals surface area (Å²) < 4.78 is 16.6. The van der Waals surface area contributed by atoms with Crippen molar-refractivity contribution in [2.75, 3.05) is 6.61 Å². The maximum Gasteiger partial charge on any atom is 0.469 e. The molecule has 1 fully saturated rings. The van der Waals surface area contributed by atoms with E-state index in [-0.39, 0.29) is 18.6 Å². The standard InChI is InChI=1S/C11H17N2O6P/c1-7-5-13(11(15)12-10(7)14)9-3-2-8(4-9)6-19-20(16,17)18/h5,8-9H,2-4,6H2,1H3,(H,12,14,15)(H2,16,17,18). The Morgan fingerprint density at radius 2 is 2.15 bits per heavy atom. The molecule has 1 aliphatic rings. The summed E-state index contributed by atoms with van der Waals surface area (Å²) in [4.78, 5) is 42.6. The van der Waals surface area contributed by atoms with Gasteiger partial charge in [-0.1, -0.05) is 0 Å². The molecule has 2 unspecified atom stereocenters. The lowest BCUT2D eigenvalue weighted by Crippen LogP contribution is -2.32. The van der Waals surface area contributed by atoms with Crippen LogP contribution in [-0.2, 0) is 9.09 Å². The fraction of sp³-hybridized carbons (Fsp3) is 0.636. The lowest BCUT2D eigenvalue weighted by molar-refractivity contribution is 0.167. The fourth-order valence-corrected chi connectivity index (χ4v) is 2.92. The van der Waals surface area contributed by atoms with Gasteiger partial charge in [-0.05, 0) is 32.1 Å². The Balaban J connectivity index is 2.06. The first-order valence-electron chi connectivity index (χ1n) is 6.28. The third kappa shape index (κ3) is 3.67. The third-order valence-corrected chi connectivity index (χ3v) is 4.02. The molecule has 1 heterocycles. The topological polar surface area (TPSA) is 122 Å². The molecule has 1 aromatic rings. The Labute approximate surface area is 114 Å². The van der Waals surface area contributed by atoms with E-state index in [0.29, 0.717) is 18.4 Å². The summed E-state index contributed by atoms with van der Waals surface area (Å²) in [7, 11) is -4.45. The molecule has 1 aliphatic carbocycles. The molecule has 0 spiro atoms. The predicted octanol–water partition coefficient (Wildman–Crippen LogP) is 0.296. The quantitative estimate of drug-likeness (QED) is 0.688. The molecule has 0 aliphatic heterocycles. The van der Waals surface area contributed by atoms with Crippen LogP contribution in [0.4, 0.5) is 0 Å². The van der Waals surface area contributed by atoms with Crippen molar-refractivity contribution in [2.45, 2.75) is 32.2 Å². The summed E-state index contributed by atoms with van der Waals surface area (Å²) >= 11 is 0. The van der Waals surface area contributed by atoms with Crippen LogP contribution >= 0.6 is 7.82 Å². The number of aromatic nitrogens is 2. The second kappa shape index (κ2) is 5.65. The van der Waals surface area contributed by atoms with E-state index in [4.69, 9.17) is 9.79 Å². The number of phosphoric ester groups is 1. The van der Waals surface area contributed by atoms with E-state index in [0.717, 1.165) is 6.42 Å². The zero-order valence-corrected chi connectivity index (χ0v) is 11.9. The highest BCUT2D eigenvalue weighted by molar-refractivity contribution is 7.46. The Bertz CT molecular complexity index is 645. The highest BCUT2D eigenvalue weighted by Gasteiger charge is 2.29. The number of aromatic amines is 1. The van der Waals surface area contributed by atoms with E-state index in [9.17, 15) is 14.2 Å². The minimum atomic E-state index is -4.45. The molecule has 0 amide bonds. The van der Waals surface area contributed by atoms with Crippen molar-refractivity contribution >= 4 is 7.82 Å². The zero-order valence-electron chi connectivity index (χ0n) is 11.0. The number of nitrogens with zero attached hydrogens (tertiary/aromatic N) is 1. The Hall–Kier alpha value is -1.21. The van der Waals surface area contributed by atoms with Crippen molar-refractivity contribution < 1.29 is 18.9 Å². The van der Waals surface area contributed by atoms with Crippen LogP contribution in [0.3, 0.4) is 0 Å². The monoisotopic (exact) mass is 304 g/mol. The van der Waals surface area contributed by atoms with E-state index in [1.807, 2.05) is 0 Å². The van der Waals surface area contributed by atoms with Crippen molar-refractivity contribution in [3.05, 3.63) is 32.6 Å². The van der Waals surface area contributed by atoms with E-state index < -0.39 is 19.1 Å². The zero-order chi connectivity index (χ0) is 14.9. The second-order valence-electron chi connectivity index (χ2n) is 5.10. The summed E-state index contributed by atoms with van der Waals surface area (Å²) in [6.07, 6.45) is 3.54. The van der Waals surface area contributed by atoms with Gasteiger partial charge in [-0.3, -0.25) is 18.9 Å². The number of hydrogen-bond acceptors (Lipinski definition) is 4. The first kappa shape index (κ1) is 15.2. The van der Waals surface area contributed by atoms with Crippen LogP contribution in [-0.4, -0.2) is 25.9 Å². The number of phosphoric acid groups is 1. The summed E-state index contributed by atoms with van der Waals surface area (Å²) in [6.45, 7) is 1.59. The van der Waals surface area contributed by atoms with Gasteiger partial charge in [-0.2, -0.15) is 0 Å². The van der Waals surface area contributed by atoms with Crippen molar-refractivity contribution in [1.82, 2.24) is 9.55 Å². The van der Waals surface area contributed by atoms with Gasteiger partial charge in [0.1, 0.15) is 0 Å². The number of aryl methyl sites for hydroxylation is 1. The molecule has 0 aromatic carbocycles. The molecule has 1 saturated carbocycles. The molecule has 3 N–H and O–H groups in total. The molecular formula is C11H17N2O6P. The number of hydrogen-bond donors (Lipinski definition) is 3. The van der Waals surface area contributed by atoms with Gasteiger partial charge in [0.15, 0.2) is 0 Å². The number of rotatable bonds is 4. The first-order chi connectivity index (χ1) is 9.26. The van der Waals surface area contributed by atoms with Gasteiger partial charge in [-0.15, -0.1) is 0 Å². The molecule has 112 valence electrons. The molecule has 0 radical (unpaired) electrons. The van der Waals surface area contributed by atoms with Crippen LogP contribution in [0.25, 0.3) is 0 Å². The summed E-state index contributed by atoms with van der Waals surface area (Å²) in [5.74, 6) is -0.00763. The van der Waals surface area contributed by atoms with Gasteiger partial charge < -0.3 is 9.79 Å². The van der Waals surface area contributed by atoms with E-state index >= 15 is 0 Å². The Kier molecular flexibility index (Phi) is 4.29. The van der Waals surface area contributed by atoms with Gasteiger partial charge in [-0.25, -0.2) is 9.36 Å². The average Bonchev–Trinajstić information content (AvgIpc) is 2.79. The van der Waals surface area contributed by atoms with Crippen LogP contribution in [0.5, 0.6) is 0 Å². The van der Waals surface area contributed by atoms with E-state index in [2.05, 4.69) is 9.51 Å². The van der Waals surface area contributed by atoms with Crippen molar-refractivity contribution in [3.63, 3.8) is 0 Å². The van der Waals surface area contributed by atoms with E-state index in [1.54, 1.807) is 6.92 Å². The van der Waals surface area contributed by atoms with Crippen molar-refractivity contribution in [3.8, 4) is 0 Å². The summed E-state index contributed by atoms with van der Waals surface area (Å²) in [5.41, 5.74) is -0.396. The molecule has 2 rings (SSSR count). The van der Waals surface area contributed by atoms with Gasteiger partial charge in [0.2, 0.25) is 0 Å². The van der Waals surface area contributed by atoms with Crippen LogP contribution < -0.4 is 11.2 Å². The van der Waals surface area contributed by atoms with E-state index in [1.165, 1.54) is 10.8 Å². The SMILES string of the molecule is Cc1cn(C2CCC(COP(=O)(O)O)C2)c(=O)[nH]c1=O. The fourth-order valence-electron chi connectivity index (χ4n) is 2.51. The third-order valence-electron chi connectivity index (χ3n) is 3.53. The highest BCUT2D eigenvalue weighted by atomic mass is 31.2. The van der Waals surface area contributed by atoms with Crippen molar-refractivity contribution in [1.29, 1.82) is 0 Å². The molecule has 2 atom stereocenters. The van der Waals surface area contributed by atoms with Crippen LogP contribution in [0.15, 0.2) is 15.8 Å². The summed E-state index contributed by atoms with van der Waals surface area (Å²) in [5, 5.41) is 0. The maximum absolute atomic E-state index is 11.8. The first-order valence-corrected chi connectivity index (χ1v) is 7.81. The normalized spacial score (nSPS) is 23.1. The number of nitrogens with one attached hydrogen (secondary N) is 1. The van der Waals surface area contributed by atoms with Crippen LogP contribution in [0.1, 0.15) is 30.9 Å². The van der Waals surface area contributed by atoms with Crippen LogP contribution in [0.2, 0.25) is 0 Å². The Morgan fingerprint density at radius 1 is 1.45 bits per heavy atom. The van der Waals surface area contributed by atoms with Gasteiger partial charge in [0.25, 0.3) is 5.56 Å². The lowest BCUT2D eigenvalue weighted by atomic mass is 10.1.